The summed E-state index contributed by atoms with van der Waals surface area (Å²) < 4.78 is 11.0. The molecule has 0 saturated carbocycles. The van der Waals surface area contributed by atoms with Crippen molar-refractivity contribution in [2.75, 3.05) is 43.1 Å². The number of anilines is 2. The fraction of sp³-hybridized carbons (Fsp3) is 0.478. The Bertz CT molecular complexity index is 1210. The minimum Gasteiger partial charge on any atom is -0.378 e. The van der Waals surface area contributed by atoms with Crippen molar-refractivity contribution in [2.24, 2.45) is 0 Å². The van der Waals surface area contributed by atoms with Gasteiger partial charge in [-0.15, -0.1) is 0 Å². The fourth-order valence-corrected chi connectivity index (χ4v) is 4.33. The lowest BCUT2D eigenvalue weighted by molar-refractivity contribution is -0.116. The predicted molar refractivity (Wildman–Crippen MR) is 124 cm³/mol. The number of imidazole rings is 1. The lowest BCUT2D eigenvalue weighted by Gasteiger charge is -2.27. The molecule has 174 valence electrons. The number of nitrogens with zero attached hydrogens (tertiary/aromatic N) is 3. The first kappa shape index (κ1) is 21.6. The van der Waals surface area contributed by atoms with Crippen molar-refractivity contribution in [1.82, 2.24) is 19.9 Å². The molecule has 3 aromatic rings. The first-order chi connectivity index (χ1) is 16.1. The van der Waals surface area contributed by atoms with Crippen LogP contribution < -0.4 is 15.8 Å². The Kier molecular flexibility index (Phi) is 6.10. The van der Waals surface area contributed by atoms with Gasteiger partial charge in [-0.25, -0.2) is 9.97 Å². The van der Waals surface area contributed by atoms with Gasteiger partial charge < -0.3 is 24.7 Å². The number of aryl methyl sites for hydroxylation is 1. The third kappa shape index (κ3) is 4.76. The molecular weight excluding hydrogens is 424 g/mol. The number of aromatic amines is 2. The number of morpholine rings is 1. The zero-order chi connectivity index (χ0) is 22.8. The standard InChI is InChI=1S/C23H28N6O4/c1-14-16(22(31)28-23(24-14)29-8-11-32-12-9-29)5-7-20(30)25-15-4-6-17-18(13-15)27-21(26-17)19-3-2-10-33-19/h4,6,13,19H,2-3,5,7-12H2,1H3,(H,25,30)(H,26,27)(H,24,28,31). The Morgan fingerprint density at radius 2 is 2.06 bits per heavy atom. The first-order valence-corrected chi connectivity index (χ1v) is 11.4. The summed E-state index contributed by atoms with van der Waals surface area (Å²) in [6, 6.07) is 5.58. The number of carbonyl (C=O) groups excluding carboxylic acids is 1. The number of amides is 1. The second-order valence-electron chi connectivity index (χ2n) is 8.46. The molecule has 0 bridgehead atoms. The summed E-state index contributed by atoms with van der Waals surface area (Å²) >= 11 is 0. The highest BCUT2D eigenvalue weighted by Crippen LogP contribution is 2.28. The molecule has 1 unspecified atom stereocenters. The highest BCUT2D eigenvalue weighted by Gasteiger charge is 2.21. The Morgan fingerprint density at radius 3 is 2.82 bits per heavy atom. The van der Waals surface area contributed by atoms with Crippen LogP contribution in [0.5, 0.6) is 0 Å². The zero-order valence-electron chi connectivity index (χ0n) is 18.6. The number of fused-ring (bicyclic) bond motifs is 1. The van der Waals surface area contributed by atoms with Crippen LogP contribution in [-0.4, -0.2) is 58.8 Å². The van der Waals surface area contributed by atoms with Gasteiger partial charge in [0.05, 0.1) is 24.2 Å². The van der Waals surface area contributed by atoms with E-state index < -0.39 is 0 Å². The third-order valence-electron chi connectivity index (χ3n) is 6.14. The highest BCUT2D eigenvalue weighted by atomic mass is 16.5. The van der Waals surface area contributed by atoms with Crippen LogP contribution in [-0.2, 0) is 20.7 Å². The van der Waals surface area contributed by atoms with Crippen LogP contribution in [0.1, 0.15) is 42.4 Å². The van der Waals surface area contributed by atoms with Crippen molar-refractivity contribution < 1.29 is 14.3 Å². The minimum absolute atomic E-state index is 0.0139. The molecule has 2 aliphatic heterocycles. The van der Waals surface area contributed by atoms with E-state index in [-0.39, 0.29) is 24.0 Å². The van der Waals surface area contributed by atoms with Gasteiger partial charge in [0.2, 0.25) is 11.9 Å². The van der Waals surface area contributed by atoms with Gasteiger partial charge in [0.15, 0.2) is 0 Å². The number of benzene rings is 1. The van der Waals surface area contributed by atoms with Crippen LogP contribution in [0.3, 0.4) is 0 Å². The van der Waals surface area contributed by atoms with Gasteiger partial charge in [0.1, 0.15) is 11.9 Å². The molecule has 0 aliphatic carbocycles. The van der Waals surface area contributed by atoms with Crippen molar-refractivity contribution in [3.05, 3.63) is 45.6 Å². The summed E-state index contributed by atoms with van der Waals surface area (Å²) in [6.07, 6.45) is 2.52. The summed E-state index contributed by atoms with van der Waals surface area (Å²) in [5.41, 5.74) is 3.36. The zero-order valence-corrected chi connectivity index (χ0v) is 18.6. The lowest BCUT2D eigenvalue weighted by Crippen LogP contribution is -2.38. The van der Waals surface area contributed by atoms with Gasteiger partial charge in [-0.05, 0) is 44.4 Å². The van der Waals surface area contributed by atoms with Gasteiger partial charge in [-0.3, -0.25) is 14.6 Å². The van der Waals surface area contributed by atoms with E-state index in [2.05, 4.69) is 25.3 Å². The van der Waals surface area contributed by atoms with Gasteiger partial charge in [-0.2, -0.15) is 0 Å². The van der Waals surface area contributed by atoms with Crippen LogP contribution >= 0.6 is 0 Å². The Labute approximate surface area is 190 Å². The van der Waals surface area contributed by atoms with E-state index in [1.165, 1.54) is 0 Å². The van der Waals surface area contributed by atoms with Gasteiger partial charge in [0.25, 0.3) is 5.56 Å². The van der Waals surface area contributed by atoms with Crippen molar-refractivity contribution in [2.45, 2.75) is 38.7 Å². The Hall–Kier alpha value is -3.24. The number of nitrogens with one attached hydrogen (secondary N) is 3. The van der Waals surface area contributed by atoms with E-state index in [4.69, 9.17) is 9.47 Å². The predicted octanol–water partition coefficient (Wildman–Crippen LogP) is 2.21. The maximum Gasteiger partial charge on any atom is 0.255 e. The topological polar surface area (TPSA) is 125 Å². The van der Waals surface area contributed by atoms with E-state index in [0.717, 1.165) is 36.3 Å². The molecular formula is C23H28N6O4. The summed E-state index contributed by atoms with van der Waals surface area (Å²) in [4.78, 5) is 42.5. The Morgan fingerprint density at radius 1 is 1.21 bits per heavy atom. The van der Waals surface area contributed by atoms with E-state index in [1.54, 1.807) is 0 Å². The maximum atomic E-state index is 12.6. The molecule has 2 saturated heterocycles. The van der Waals surface area contributed by atoms with E-state index in [0.29, 0.717) is 55.6 Å². The molecule has 4 heterocycles. The SMILES string of the molecule is Cc1nc(N2CCOCC2)[nH]c(=O)c1CCC(=O)Nc1ccc2nc(C3CCCO3)[nH]c2c1. The highest BCUT2D eigenvalue weighted by molar-refractivity contribution is 5.93. The fourth-order valence-electron chi connectivity index (χ4n) is 4.33. The smallest absolute Gasteiger partial charge is 0.255 e. The second-order valence-corrected chi connectivity index (χ2v) is 8.46. The number of ether oxygens (including phenoxy) is 2. The first-order valence-electron chi connectivity index (χ1n) is 11.4. The number of aromatic nitrogens is 4. The van der Waals surface area contributed by atoms with Crippen molar-refractivity contribution in [1.29, 1.82) is 0 Å². The molecule has 1 aromatic carbocycles. The van der Waals surface area contributed by atoms with Crippen molar-refractivity contribution >= 4 is 28.6 Å². The molecule has 33 heavy (non-hydrogen) atoms. The van der Waals surface area contributed by atoms with E-state index in [1.807, 2.05) is 30.0 Å². The van der Waals surface area contributed by atoms with Crippen LogP contribution in [0.25, 0.3) is 11.0 Å². The molecule has 1 atom stereocenters. The average Bonchev–Trinajstić information content (AvgIpc) is 3.48. The molecule has 0 radical (unpaired) electrons. The normalized spacial score (nSPS) is 18.7. The number of H-pyrrole nitrogens is 2. The van der Waals surface area contributed by atoms with Gasteiger partial charge >= 0.3 is 0 Å². The average molecular weight is 453 g/mol. The van der Waals surface area contributed by atoms with E-state index >= 15 is 0 Å². The van der Waals surface area contributed by atoms with Crippen LogP contribution in [0.15, 0.2) is 23.0 Å². The van der Waals surface area contributed by atoms with Gasteiger partial charge in [0, 0.05) is 43.1 Å². The molecule has 10 nitrogen and oxygen atoms in total. The molecule has 5 rings (SSSR count). The third-order valence-corrected chi connectivity index (χ3v) is 6.14. The summed E-state index contributed by atoms with van der Waals surface area (Å²) in [6.45, 7) is 5.19. The largest absolute Gasteiger partial charge is 0.378 e. The summed E-state index contributed by atoms with van der Waals surface area (Å²) in [5.74, 6) is 1.22. The monoisotopic (exact) mass is 452 g/mol. The van der Waals surface area contributed by atoms with Crippen molar-refractivity contribution in [3.63, 3.8) is 0 Å². The molecule has 3 N–H and O–H groups in total. The number of hydrogen-bond acceptors (Lipinski definition) is 7. The Balaban J connectivity index is 1.22. The summed E-state index contributed by atoms with van der Waals surface area (Å²) in [5, 5.41) is 2.91. The number of hydrogen-bond donors (Lipinski definition) is 3. The number of carbonyl (C=O) groups is 1. The quantitative estimate of drug-likeness (QED) is 0.524. The maximum absolute atomic E-state index is 12.6. The molecule has 2 aromatic heterocycles. The van der Waals surface area contributed by atoms with E-state index in [9.17, 15) is 9.59 Å². The minimum atomic E-state index is -0.197. The van der Waals surface area contributed by atoms with Gasteiger partial charge in [-0.1, -0.05) is 0 Å². The second kappa shape index (κ2) is 9.32. The van der Waals surface area contributed by atoms with Crippen molar-refractivity contribution in [3.8, 4) is 0 Å². The number of rotatable bonds is 6. The molecule has 2 fully saturated rings. The molecule has 2 aliphatic rings. The molecule has 0 spiro atoms. The molecule has 10 heteroatoms. The van der Waals surface area contributed by atoms with Crippen LogP contribution in [0.2, 0.25) is 0 Å². The summed E-state index contributed by atoms with van der Waals surface area (Å²) in [7, 11) is 0. The lowest BCUT2D eigenvalue weighted by atomic mass is 10.1. The van der Waals surface area contributed by atoms with Crippen LogP contribution in [0.4, 0.5) is 11.6 Å². The molecule has 1 amide bonds. The van der Waals surface area contributed by atoms with Crippen LogP contribution in [0, 0.1) is 6.92 Å².